The largest absolute Gasteiger partial charge is 0.508 e. The Labute approximate surface area is 118 Å². The van der Waals surface area contributed by atoms with E-state index in [-0.39, 0.29) is 11.3 Å². The second-order valence-electron chi connectivity index (χ2n) is 4.07. The fraction of sp³-hybridized carbons (Fsp3) is 0.333. The van der Waals surface area contributed by atoms with Crippen LogP contribution in [0.4, 0.5) is 0 Å². The Morgan fingerprint density at radius 3 is 2.75 bits per heavy atom. The van der Waals surface area contributed by atoms with E-state index in [0.29, 0.717) is 31.7 Å². The lowest BCUT2D eigenvalue weighted by molar-refractivity contribution is -0.117. The molecule has 0 radical (unpaired) electrons. The second-order valence-corrected chi connectivity index (χ2v) is 4.07. The van der Waals surface area contributed by atoms with Crippen LogP contribution < -0.4 is 5.32 Å². The third-order valence-electron chi connectivity index (χ3n) is 2.52. The molecule has 106 valence electrons. The van der Waals surface area contributed by atoms with E-state index in [0.717, 1.165) is 0 Å². The standard InChI is InChI=1S/C15H18N2O3/c1-2-20-9-3-8-17-15(19)13(11-16)10-12-4-6-14(18)7-5-12/h4-7,10,18H,2-3,8-9H2,1H3,(H,17,19)/b13-10+. The van der Waals surface area contributed by atoms with Crippen molar-refractivity contribution in [2.24, 2.45) is 0 Å². The molecule has 0 saturated carbocycles. The van der Waals surface area contributed by atoms with Crippen molar-refractivity contribution in [3.05, 3.63) is 35.4 Å². The second kappa shape index (κ2) is 8.73. The van der Waals surface area contributed by atoms with Crippen molar-refractivity contribution in [2.75, 3.05) is 19.8 Å². The molecule has 0 bridgehead atoms. The Bertz CT molecular complexity index is 501. The zero-order chi connectivity index (χ0) is 14.8. The van der Waals surface area contributed by atoms with Gasteiger partial charge in [-0.25, -0.2) is 0 Å². The fourth-order valence-electron chi connectivity index (χ4n) is 1.50. The maximum atomic E-state index is 11.8. The molecule has 1 rings (SSSR count). The van der Waals surface area contributed by atoms with E-state index >= 15 is 0 Å². The predicted molar refractivity (Wildman–Crippen MR) is 75.8 cm³/mol. The number of ether oxygens (including phenoxy) is 1. The van der Waals surface area contributed by atoms with Crippen LogP contribution in [0.3, 0.4) is 0 Å². The molecule has 0 fully saturated rings. The molecule has 1 amide bonds. The van der Waals surface area contributed by atoms with Crippen molar-refractivity contribution in [1.82, 2.24) is 5.32 Å². The highest BCUT2D eigenvalue weighted by Gasteiger charge is 2.07. The molecule has 0 aliphatic carbocycles. The Balaban J connectivity index is 2.55. The molecule has 0 aliphatic rings. The number of nitrogens with zero attached hydrogens (tertiary/aromatic N) is 1. The summed E-state index contributed by atoms with van der Waals surface area (Å²) in [6.07, 6.45) is 2.19. The lowest BCUT2D eigenvalue weighted by Crippen LogP contribution is -2.26. The van der Waals surface area contributed by atoms with E-state index in [9.17, 15) is 4.79 Å². The van der Waals surface area contributed by atoms with E-state index < -0.39 is 5.91 Å². The minimum Gasteiger partial charge on any atom is -0.508 e. The van der Waals surface area contributed by atoms with E-state index in [2.05, 4.69) is 5.32 Å². The number of carbonyl (C=O) groups is 1. The van der Waals surface area contributed by atoms with Gasteiger partial charge in [0, 0.05) is 19.8 Å². The highest BCUT2D eigenvalue weighted by molar-refractivity contribution is 6.01. The summed E-state index contributed by atoms with van der Waals surface area (Å²) < 4.78 is 5.15. The van der Waals surface area contributed by atoms with Crippen LogP contribution in [-0.2, 0) is 9.53 Å². The molecule has 20 heavy (non-hydrogen) atoms. The predicted octanol–water partition coefficient (Wildman–Crippen LogP) is 1.84. The number of nitriles is 1. The first-order valence-corrected chi connectivity index (χ1v) is 6.44. The maximum absolute atomic E-state index is 11.8. The van der Waals surface area contributed by atoms with E-state index in [1.807, 2.05) is 13.0 Å². The third-order valence-corrected chi connectivity index (χ3v) is 2.52. The Morgan fingerprint density at radius 2 is 2.15 bits per heavy atom. The van der Waals surface area contributed by atoms with Crippen LogP contribution >= 0.6 is 0 Å². The summed E-state index contributed by atoms with van der Waals surface area (Å²) in [7, 11) is 0. The number of phenolic OH excluding ortho intramolecular Hbond substituents is 1. The topological polar surface area (TPSA) is 82.3 Å². The van der Waals surface area contributed by atoms with Gasteiger partial charge in [-0.2, -0.15) is 5.26 Å². The Kier molecular flexibility index (Phi) is 6.87. The van der Waals surface area contributed by atoms with E-state index in [1.54, 1.807) is 12.1 Å². The van der Waals surface area contributed by atoms with Gasteiger partial charge in [-0.05, 0) is 37.1 Å². The number of hydrogen-bond donors (Lipinski definition) is 2. The van der Waals surface area contributed by atoms with Gasteiger partial charge in [0.2, 0.25) is 0 Å². The molecule has 0 unspecified atom stereocenters. The molecule has 0 aromatic heterocycles. The molecule has 0 heterocycles. The van der Waals surface area contributed by atoms with Gasteiger partial charge in [0.05, 0.1) is 0 Å². The van der Waals surface area contributed by atoms with Crippen molar-refractivity contribution in [1.29, 1.82) is 5.26 Å². The number of benzene rings is 1. The van der Waals surface area contributed by atoms with E-state index in [1.165, 1.54) is 18.2 Å². The van der Waals surface area contributed by atoms with Gasteiger partial charge >= 0.3 is 0 Å². The minimum atomic E-state index is -0.405. The van der Waals surface area contributed by atoms with Gasteiger partial charge in [-0.3, -0.25) is 4.79 Å². The van der Waals surface area contributed by atoms with Gasteiger partial charge in [0.25, 0.3) is 5.91 Å². The molecular weight excluding hydrogens is 256 g/mol. The van der Waals surface area contributed by atoms with Gasteiger partial charge in [-0.15, -0.1) is 0 Å². The quantitative estimate of drug-likeness (QED) is 0.451. The zero-order valence-corrected chi connectivity index (χ0v) is 11.4. The smallest absolute Gasteiger partial charge is 0.261 e. The molecule has 0 atom stereocenters. The van der Waals surface area contributed by atoms with Crippen LogP contribution in [0.2, 0.25) is 0 Å². The molecule has 5 nitrogen and oxygen atoms in total. The fourth-order valence-corrected chi connectivity index (χ4v) is 1.50. The third kappa shape index (κ3) is 5.55. The number of carbonyl (C=O) groups excluding carboxylic acids is 1. The maximum Gasteiger partial charge on any atom is 0.261 e. The van der Waals surface area contributed by atoms with E-state index in [4.69, 9.17) is 15.1 Å². The van der Waals surface area contributed by atoms with Crippen molar-refractivity contribution < 1.29 is 14.6 Å². The summed E-state index contributed by atoms with van der Waals surface area (Å²) in [4.78, 5) is 11.8. The number of amides is 1. The van der Waals surface area contributed by atoms with Crippen LogP contribution in [0.1, 0.15) is 18.9 Å². The summed E-state index contributed by atoms with van der Waals surface area (Å²) >= 11 is 0. The molecule has 0 spiro atoms. The summed E-state index contributed by atoms with van der Waals surface area (Å²) in [5.74, 6) is -0.266. The van der Waals surface area contributed by atoms with Crippen molar-refractivity contribution in [3.8, 4) is 11.8 Å². The zero-order valence-electron chi connectivity index (χ0n) is 11.4. The molecule has 0 aliphatic heterocycles. The average Bonchev–Trinajstić information content (AvgIpc) is 2.46. The van der Waals surface area contributed by atoms with Gasteiger partial charge in [-0.1, -0.05) is 12.1 Å². The minimum absolute atomic E-state index is 0.0344. The van der Waals surface area contributed by atoms with Crippen molar-refractivity contribution >= 4 is 12.0 Å². The average molecular weight is 274 g/mol. The Morgan fingerprint density at radius 1 is 1.45 bits per heavy atom. The number of hydrogen-bond acceptors (Lipinski definition) is 4. The highest BCUT2D eigenvalue weighted by Crippen LogP contribution is 2.12. The van der Waals surface area contributed by atoms with Crippen molar-refractivity contribution in [3.63, 3.8) is 0 Å². The van der Waals surface area contributed by atoms with Crippen LogP contribution in [0.25, 0.3) is 6.08 Å². The van der Waals surface area contributed by atoms with Crippen LogP contribution in [-0.4, -0.2) is 30.8 Å². The normalized spacial score (nSPS) is 10.9. The Hall–Kier alpha value is -2.32. The lowest BCUT2D eigenvalue weighted by Gasteiger charge is -2.04. The first-order chi connectivity index (χ1) is 9.67. The SMILES string of the molecule is CCOCCCNC(=O)/C(C#N)=C/c1ccc(O)cc1. The molecule has 1 aromatic carbocycles. The summed E-state index contributed by atoms with van der Waals surface area (Å²) in [5, 5.41) is 20.8. The molecule has 0 saturated heterocycles. The number of phenols is 1. The monoisotopic (exact) mass is 274 g/mol. The number of aromatic hydroxyl groups is 1. The molecule has 2 N–H and O–H groups in total. The van der Waals surface area contributed by atoms with Crippen LogP contribution in [0.15, 0.2) is 29.8 Å². The molecular formula is C15H18N2O3. The van der Waals surface area contributed by atoms with Crippen molar-refractivity contribution in [2.45, 2.75) is 13.3 Å². The lowest BCUT2D eigenvalue weighted by atomic mass is 10.1. The van der Waals surface area contributed by atoms with Crippen LogP contribution in [0.5, 0.6) is 5.75 Å². The molecule has 1 aromatic rings. The first-order valence-electron chi connectivity index (χ1n) is 6.44. The summed E-state index contributed by atoms with van der Waals surface area (Å²) in [5.41, 5.74) is 0.718. The first kappa shape index (κ1) is 15.7. The summed E-state index contributed by atoms with van der Waals surface area (Å²) in [6, 6.07) is 8.14. The summed E-state index contributed by atoms with van der Waals surface area (Å²) in [6.45, 7) is 3.61. The van der Waals surface area contributed by atoms with Crippen LogP contribution in [0, 0.1) is 11.3 Å². The highest BCUT2D eigenvalue weighted by atomic mass is 16.5. The number of nitrogens with one attached hydrogen (secondary N) is 1. The van der Waals surface area contributed by atoms with Gasteiger partial charge < -0.3 is 15.2 Å². The molecule has 5 heteroatoms. The van der Waals surface area contributed by atoms with Gasteiger partial charge in [0.15, 0.2) is 0 Å². The number of rotatable bonds is 7. The van der Waals surface area contributed by atoms with Gasteiger partial charge in [0.1, 0.15) is 17.4 Å².